The van der Waals surface area contributed by atoms with Crippen molar-refractivity contribution in [3.63, 3.8) is 0 Å². The van der Waals surface area contributed by atoms with Gasteiger partial charge in [0.2, 0.25) is 0 Å². The van der Waals surface area contributed by atoms with Gasteiger partial charge in [0.1, 0.15) is 6.04 Å². The molecule has 3 N–H and O–H groups in total. The van der Waals surface area contributed by atoms with E-state index in [-0.39, 0.29) is 0 Å². The molecule has 1 saturated heterocycles. The summed E-state index contributed by atoms with van der Waals surface area (Å²) in [6, 6.07) is 3.29. The summed E-state index contributed by atoms with van der Waals surface area (Å²) in [5.74, 6) is -0.536. The normalized spacial score (nSPS) is 17.8. The van der Waals surface area contributed by atoms with Crippen molar-refractivity contribution in [3.05, 3.63) is 30.0 Å². The molecule has 2 heterocycles. The van der Waals surface area contributed by atoms with Crippen molar-refractivity contribution in [1.82, 2.24) is 25.7 Å². The number of halogens is 3. The van der Waals surface area contributed by atoms with Crippen molar-refractivity contribution in [3.8, 4) is 0 Å². The number of fused-ring (bicyclic) bond motifs is 1. The van der Waals surface area contributed by atoms with Gasteiger partial charge in [-0.15, -0.1) is 0 Å². The van der Waals surface area contributed by atoms with E-state index in [0.717, 1.165) is 0 Å². The number of alkyl halides is 3. The first-order chi connectivity index (χ1) is 11.5. The lowest BCUT2D eigenvalue weighted by Crippen LogP contribution is -2.57. The molecule has 2 aromatic rings. The van der Waals surface area contributed by atoms with E-state index in [9.17, 15) is 18.0 Å². The van der Waals surface area contributed by atoms with Gasteiger partial charge in [0.05, 0.1) is 17.3 Å². The first-order valence-corrected chi connectivity index (χ1v) is 7.68. The van der Waals surface area contributed by atoms with Gasteiger partial charge >= 0.3 is 6.18 Å². The lowest BCUT2D eigenvalue weighted by atomic mass is 10.1. The molecule has 1 aromatic heterocycles. The molecule has 6 nitrogen and oxygen atoms in total. The van der Waals surface area contributed by atoms with Crippen LogP contribution in [0.15, 0.2) is 24.4 Å². The molecule has 9 heteroatoms. The van der Waals surface area contributed by atoms with Crippen molar-refractivity contribution >= 4 is 16.8 Å². The van der Waals surface area contributed by atoms with Crippen LogP contribution in [0.5, 0.6) is 0 Å². The summed E-state index contributed by atoms with van der Waals surface area (Å²) < 4.78 is 40.0. The molecule has 0 radical (unpaired) electrons. The van der Waals surface area contributed by atoms with E-state index in [4.69, 9.17) is 0 Å². The van der Waals surface area contributed by atoms with Gasteiger partial charge in [-0.2, -0.15) is 18.3 Å². The predicted octanol–water partition coefficient (Wildman–Crippen LogP) is 1.13. The van der Waals surface area contributed by atoms with Gasteiger partial charge in [-0.1, -0.05) is 6.07 Å². The molecule has 0 saturated carbocycles. The fraction of sp³-hybridized carbons (Fsp3) is 0.467. The summed E-state index contributed by atoms with van der Waals surface area (Å²) in [5, 5.41) is 12.6. The van der Waals surface area contributed by atoms with Crippen LogP contribution in [0.4, 0.5) is 13.2 Å². The van der Waals surface area contributed by atoms with Crippen LogP contribution in [0.2, 0.25) is 0 Å². The van der Waals surface area contributed by atoms with Crippen molar-refractivity contribution in [2.75, 3.05) is 32.7 Å². The average Bonchev–Trinajstić information content (AvgIpc) is 3.03. The number of nitrogens with zero attached hydrogens (tertiary/aromatic N) is 2. The van der Waals surface area contributed by atoms with Gasteiger partial charge in [-0.25, -0.2) is 0 Å². The molecule has 24 heavy (non-hydrogen) atoms. The highest BCUT2D eigenvalue weighted by Crippen LogP contribution is 2.25. The number of amides is 1. The van der Waals surface area contributed by atoms with Crippen LogP contribution >= 0.6 is 0 Å². The molecule has 1 unspecified atom stereocenters. The van der Waals surface area contributed by atoms with Crippen molar-refractivity contribution < 1.29 is 18.0 Å². The van der Waals surface area contributed by atoms with Gasteiger partial charge in [0.25, 0.3) is 5.91 Å². The Morgan fingerprint density at radius 2 is 2.08 bits per heavy atom. The van der Waals surface area contributed by atoms with Gasteiger partial charge in [0.15, 0.2) is 0 Å². The zero-order valence-electron chi connectivity index (χ0n) is 12.9. The fourth-order valence-corrected chi connectivity index (χ4v) is 2.90. The molecular formula is C15H18F3N5O. The van der Waals surface area contributed by atoms with E-state index in [1.807, 2.05) is 0 Å². The van der Waals surface area contributed by atoms with Crippen LogP contribution < -0.4 is 10.6 Å². The Hall–Kier alpha value is -2.13. The lowest BCUT2D eigenvalue weighted by Gasteiger charge is -2.35. The maximum Gasteiger partial charge on any atom is 0.405 e. The number of benzene rings is 1. The zero-order valence-corrected chi connectivity index (χ0v) is 12.9. The highest BCUT2D eigenvalue weighted by Gasteiger charge is 2.43. The van der Waals surface area contributed by atoms with Crippen LogP contribution in [0.1, 0.15) is 10.4 Å². The molecule has 0 bridgehead atoms. The Balaban J connectivity index is 1.72. The van der Waals surface area contributed by atoms with E-state index in [0.29, 0.717) is 42.6 Å². The lowest BCUT2D eigenvalue weighted by molar-refractivity contribution is -0.183. The third kappa shape index (κ3) is 3.51. The van der Waals surface area contributed by atoms with E-state index in [1.165, 1.54) is 11.1 Å². The maximum atomic E-state index is 13.3. The molecule has 130 valence electrons. The number of nitrogens with one attached hydrogen (secondary N) is 3. The average molecular weight is 341 g/mol. The summed E-state index contributed by atoms with van der Waals surface area (Å²) in [6.07, 6.45) is -2.91. The largest absolute Gasteiger partial charge is 0.405 e. The predicted molar refractivity (Wildman–Crippen MR) is 82.7 cm³/mol. The summed E-state index contributed by atoms with van der Waals surface area (Å²) in [4.78, 5) is 13.7. The van der Waals surface area contributed by atoms with E-state index in [1.54, 1.807) is 18.2 Å². The number of carbonyl (C=O) groups is 1. The smallest absolute Gasteiger partial charge is 0.350 e. The van der Waals surface area contributed by atoms with Crippen molar-refractivity contribution in [1.29, 1.82) is 0 Å². The quantitative estimate of drug-likeness (QED) is 0.780. The Morgan fingerprint density at radius 3 is 2.79 bits per heavy atom. The molecule has 0 aliphatic carbocycles. The number of hydrogen-bond donors (Lipinski definition) is 3. The summed E-state index contributed by atoms with van der Waals surface area (Å²) >= 11 is 0. The van der Waals surface area contributed by atoms with Crippen LogP contribution in [-0.2, 0) is 0 Å². The number of H-pyrrole nitrogens is 1. The third-order valence-electron chi connectivity index (χ3n) is 4.16. The van der Waals surface area contributed by atoms with Gasteiger partial charge in [-0.3, -0.25) is 14.8 Å². The first kappa shape index (κ1) is 16.7. The van der Waals surface area contributed by atoms with Gasteiger partial charge < -0.3 is 10.6 Å². The zero-order chi connectivity index (χ0) is 17.2. The molecule has 1 aromatic carbocycles. The Kier molecular flexibility index (Phi) is 4.72. The summed E-state index contributed by atoms with van der Waals surface area (Å²) in [6.45, 7) is 1.15. The Bertz CT molecular complexity index is 708. The second-order valence-electron chi connectivity index (χ2n) is 5.69. The number of aromatic nitrogens is 2. The number of carbonyl (C=O) groups excluding carboxylic acids is 1. The second-order valence-corrected chi connectivity index (χ2v) is 5.69. The molecule has 1 fully saturated rings. The minimum atomic E-state index is -4.40. The van der Waals surface area contributed by atoms with Crippen LogP contribution in [0, 0.1) is 0 Å². The third-order valence-corrected chi connectivity index (χ3v) is 4.16. The second kappa shape index (κ2) is 6.78. The topological polar surface area (TPSA) is 73.1 Å². The Labute approximate surface area is 136 Å². The molecule has 0 spiro atoms. The number of hydrogen-bond acceptors (Lipinski definition) is 4. The molecule has 1 atom stereocenters. The summed E-state index contributed by atoms with van der Waals surface area (Å²) in [7, 11) is 0. The van der Waals surface area contributed by atoms with Gasteiger partial charge in [0, 0.05) is 38.1 Å². The number of rotatable bonds is 4. The van der Waals surface area contributed by atoms with Crippen LogP contribution in [0.3, 0.4) is 0 Å². The number of piperazine rings is 1. The van der Waals surface area contributed by atoms with E-state index >= 15 is 0 Å². The first-order valence-electron chi connectivity index (χ1n) is 7.68. The maximum absolute atomic E-state index is 13.3. The molecule has 3 rings (SSSR count). The summed E-state index contributed by atoms with van der Waals surface area (Å²) in [5.41, 5.74) is 0.972. The molecular weight excluding hydrogens is 323 g/mol. The van der Waals surface area contributed by atoms with Crippen molar-refractivity contribution in [2.45, 2.75) is 12.2 Å². The monoisotopic (exact) mass is 341 g/mol. The molecule has 1 aliphatic rings. The standard InChI is InChI=1S/C15H18F3N5O/c16-15(17,18)13(23-6-4-19-5-7-23)9-20-14(24)10-2-1-3-12-11(10)8-21-22-12/h1-3,8,13,19H,4-7,9H2,(H,20,24)(H,21,22). The van der Waals surface area contributed by atoms with Crippen LogP contribution in [0.25, 0.3) is 10.9 Å². The van der Waals surface area contributed by atoms with Crippen LogP contribution in [-0.4, -0.2) is 65.9 Å². The van der Waals surface area contributed by atoms with E-state index < -0.39 is 24.7 Å². The SMILES string of the molecule is O=C(NCC(N1CCNCC1)C(F)(F)F)c1cccc2[nH]ncc12. The fourth-order valence-electron chi connectivity index (χ4n) is 2.90. The molecule has 1 aliphatic heterocycles. The van der Waals surface area contributed by atoms with E-state index in [2.05, 4.69) is 20.8 Å². The highest BCUT2D eigenvalue weighted by atomic mass is 19.4. The number of aromatic amines is 1. The Morgan fingerprint density at radius 1 is 1.33 bits per heavy atom. The minimum Gasteiger partial charge on any atom is -0.350 e. The highest BCUT2D eigenvalue weighted by molar-refractivity contribution is 6.06. The minimum absolute atomic E-state index is 0.303. The van der Waals surface area contributed by atoms with Crippen molar-refractivity contribution in [2.24, 2.45) is 0 Å². The molecule has 1 amide bonds. The van der Waals surface area contributed by atoms with Gasteiger partial charge in [-0.05, 0) is 12.1 Å².